The molecule has 0 atom stereocenters. The molecule has 0 radical (unpaired) electrons. The summed E-state index contributed by atoms with van der Waals surface area (Å²) < 4.78 is 24.3. The molecule has 4 rings (SSSR count). The Morgan fingerprint density at radius 2 is 1.83 bits per heavy atom. The van der Waals surface area contributed by atoms with Gasteiger partial charge in [0.05, 0.1) is 61.9 Å². The van der Waals surface area contributed by atoms with Gasteiger partial charge in [-0.15, -0.1) is 0 Å². The Morgan fingerprint density at radius 1 is 1.00 bits per heavy atom. The van der Waals surface area contributed by atoms with Crippen molar-refractivity contribution in [2.45, 2.75) is 26.8 Å². The number of pyridine rings is 1. The Kier molecular flexibility index (Phi) is 7.24. The van der Waals surface area contributed by atoms with Crippen LogP contribution in [-0.4, -0.2) is 51.5 Å². The molecule has 3 aromatic heterocycles. The monoisotopic (exact) mass is 478 g/mol. The second kappa shape index (κ2) is 10.7. The predicted molar refractivity (Wildman–Crippen MR) is 128 cm³/mol. The normalized spacial score (nSPS) is 10.7. The van der Waals surface area contributed by atoms with Crippen LogP contribution in [0.3, 0.4) is 0 Å². The number of nitrogens with zero attached hydrogens (tertiary/aromatic N) is 5. The first-order chi connectivity index (χ1) is 17.0. The van der Waals surface area contributed by atoms with Gasteiger partial charge in [0.25, 0.3) is 0 Å². The fourth-order valence-corrected chi connectivity index (χ4v) is 3.44. The molecule has 11 heteroatoms. The Balaban J connectivity index is 1.55. The van der Waals surface area contributed by atoms with Gasteiger partial charge in [0.2, 0.25) is 11.8 Å². The maximum atomic E-state index is 12.5. The highest BCUT2D eigenvalue weighted by atomic mass is 16.5. The third kappa shape index (κ3) is 5.40. The Hall–Kier alpha value is -4.41. The van der Waals surface area contributed by atoms with E-state index in [-0.39, 0.29) is 12.3 Å². The molecule has 4 aromatic rings. The number of anilines is 1. The summed E-state index contributed by atoms with van der Waals surface area (Å²) in [6, 6.07) is 5.20. The van der Waals surface area contributed by atoms with Gasteiger partial charge in [0.1, 0.15) is 12.1 Å². The van der Waals surface area contributed by atoms with Crippen molar-refractivity contribution in [1.82, 2.24) is 24.7 Å². The van der Waals surface area contributed by atoms with E-state index in [4.69, 9.17) is 18.9 Å². The zero-order valence-electron chi connectivity index (χ0n) is 19.9. The van der Waals surface area contributed by atoms with Gasteiger partial charge >= 0.3 is 0 Å². The lowest BCUT2D eigenvalue weighted by Crippen LogP contribution is -2.15. The number of benzene rings is 1. The number of hydrogen-bond donors (Lipinski definition) is 1. The maximum absolute atomic E-state index is 12.5. The zero-order valence-corrected chi connectivity index (χ0v) is 19.9. The number of fused-ring (bicyclic) bond motifs is 1. The smallest absolute Gasteiger partial charge is 0.230 e. The molecule has 0 aliphatic heterocycles. The first kappa shape index (κ1) is 23.7. The second-order valence-electron chi connectivity index (χ2n) is 7.36. The molecule has 0 fully saturated rings. The van der Waals surface area contributed by atoms with Crippen molar-refractivity contribution in [3.05, 3.63) is 48.8 Å². The molecule has 1 aromatic carbocycles. The molecule has 0 saturated heterocycles. The van der Waals surface area contributed by atoms with Crippen LogP contribution in [0, 0.1) is 0 Å². The average Bonchev–Trinajstić information content (AvgIpc) is 3.32. The summed E-state index contributed by atoms with van der Waals surface area (Å²) in [4.78, 5) is 25.4. The molecular formula is C24H26N6O5. The number of ether oxygens (including phenoxy) is 4. The van der Waals surface area contributed by atoms with Crippen molar-refractivity contribution in [2.24, 2.45) is 0 Å². The maximum Gasteiger partial charge on any atom is 0.230 e. The summed E-state index contributed by atoms with van der Waals surface area (Å²) in [7, 11) is 3.08. The standard InChI is InChI=1S/C24H26N6O5/c1-5-30-13-15(11-28-30)29-23(31)10-19-20(32-3)7-16(12-25-19)35-24-17-8-22(34-6-2)21(33-4)9-18(17)26-14-27-24/h7-9,11-14H,5-6,10H2,1-4H3,(H,29,31). The van der Waals surface area contributed by atoms with E-state index in [1.807, 2.05) is 13.8 Å². The largest absolute Gasteiger partial charge is 0.495 e. The lowest BCUT2D eigenvalue weighted by molar-refractivity contribution is -0.115. The molecule has 1 amide bonds. The molecule has 182 valence electrons. The molecule has 0 aliphatic rings. The molecule has 0 spiro atoms. The first-order valence-electron chi connectivity index (χ1n) is 11.0. The molecule has 1 N–H and O–H groups in total. The van der Waals surface area contributed by atoms with Crippen LogP contribution in [0.5, 0.6) is 28.9 Å². The van der Waals surface area contributed by atoms with E-state index in [0.29, 0.717) is 57.8 Å². The lowest BCUT2D eigenvalue weighted by atomic mass is 10.2. The van der Waals surface area contributed by atoms with Crippen LogP contribution in [-0.2, 0) is 17.8 Å². The van der Waals surface area contributed by atoms with Crippen molar-refractivity contribution in [3.8, 4) is 28.9 Å². The Bertz CT molecular complexity index is 1340. The van der Waals surface area contributed by atoms with Crippen molar-refractivity contribution in [1.29, 1.82) is 0 Å². The van der Waals surface area contributed by atoms with E-state index < -0.39 is 0 Å². The minimum atomic E-state index is -0.237. The molecule has 11 nitrogen and oxygen atoms in total. The predicted octanol–water partition coefficient (Wildman–Crippen LogP) is 3.63. The highest BCUT2D eigenvalue weighted by molar-refractivity contribution is 5.92. The SMILES string of the molecule is CCOc1cc2c(Oc3cnc(CC(=O)Nc4cnn(CC)c4)c(OC)c3)ncnc2cc1OC. The van der Waals surface area contributed by atoms with Crippen LogP contribution in [0.1, 0.15) is 19.5 Å². The number of nitrogens with one attached hydrogen (secondary N) is 1. The van der Waals surface area contributed by atoms with Crippen LogP contribution < -0.4 is 24.3 Å². The van der Waals surface area contributed by atoms with Gasteiger partial charge in [0.15, 0.2) is 17.2 Å². The Labute approximate surface area is 202 Å². The minimum Gasteiger partial charge on any atom is -0.495 e. The van der Waals surface area contributed by atoms with Crippen LogP contribution >= 0.6 is 0 Å². The molecular weight excluding hydrogens is 452 g/mol. The fraction of sp³-hybridized carbons (Fsp3) is 0.292. The summed E-state index contributed by atoms with van der Waals surface area (Å²) in [5, 5.41) is 7.60. The molecule has 35 heavy (non-hydrogen) atoms. The second-order valence-corrected chi connectivity index (χ2v) is 7.36. The van der Waals surface area contributed by atoms with E-state index in [2.05, 4.69) is 25.4 Å². The van der Waals surface area contributed by atoms with Crippen LogP contribution in [0.2, 0.25) is 0 Å². The molecule has 0 unspecified atom stereocenters. The van der Waals surface area contributed by atoms with Crippen LogP contribution in [0.4, 0.5) is 5.69 Å². The number of hydrogen-bond acceptors (Lipinski definition) is 9. The minimum absolute atomic E-state index is 0.0225. The van der Waals surface area contributed by atoms with Crippen LogP contribution in [0.25, 0.3) is 10.9 Å². The number of carbonyl (C=O) groups is 1. The topological polar surface area (TPSA) is 123 Å². The quantitative estimate of drug-likeness (QED) is 0.364. The highest BCUT2D eigenvalue weighted by Gasteiger charge is 2.16. The number of aryl methyl sites for hydroxylation is 1. The van der Waals surface area contributed by atoms with E-state index in [0.717, 1.165) is 6.54 Å². The van der Waals surface area contributed by atoms with Crippen LogP contribution in [0.15, 0.2) is 43.1 Å². The molecule has 0 aliphatic carbocycles. The zero-order chi connectivity index (χ0) is 24.8. The summed E-state index contributed by atoms with van der Waals surface area (Å²) in [6.45, 7) is 5.05. The molecule has 0 saturated carbocycles. The molecule has 3 heterocycles. The van der Waals surface area contributed by atoms with Gasteiger partial charge in [-0.05, 0) is 19.9 Å². The third-order valence-electron chi connectivity index (χ3n) is 5.09. The van der Waals surface area contributed by atoms with Crippen molar-refractivity contribution in [3.63, 3.8) is 0 Å². The number of amides is 1. The average molecular weight is 479 g/mol. The summed E-state index contributed by atoms with van der Waals surface area (Å²) in [5.41, 5.74) is 1.72. The van der Waals surface area contributed by atoms with Gasteiger partial charge in [-0.25, -0.2) is 9.97 Å². The summed E-state index contributed by atoms with van der Waals surface area (Å²) >= 11 is 0. The van der Waals surface area contributed by atoms with E-state index in [1.165, 1.54) is 19.6 Å². The molecule has 0 bridgehead atoms. The number of methoxy groups -OCH3 is 2. The van der Waals surface area contributed by atoms with Crippen molar-refractivity contribution < 1.29 is 23.7 Å². The van der Waals surface area contributed by atoms with Gasteiger partial charge in [0, 0.05) is 24.9 Å². The fourth-order valence-electron chi connectivity index (χ4n) is 3.44. The highest BCUT2D eigenvalue weighted by Crippen LogP contribution is 2.36. The first-order valence-corrected chi connectivity index (χ1v) is 11.0. The number of carbonyl (C=O) groups excluding carboxylic acids is 1. The number of aromatic nitrogens is 5. The van der Waals surface area contributed by atoms with E-state index >= 15 is 0 Å². The van der Waals surface area contributed by atoms with E-state index in [9.17, 15) is 4.79 Å². The van der Waals surface area contributed by atoms with E-state index in [1.54, 1.807) is 42.4 Å². The summed E-state index contributed by atoms with van der Waals surface area (Å²) in [6.07, 6.45) is 6.30. The third-order valence-corrected chi connectivity index (χ3v) is 5.09. The lowest BCUT2D eigenvalue weighted by Gasteiger charge is -2.13. The van der Waals surface area contributed by atoms with Gasteiger partial charge in [-0.2, -0.15) is 5.10 Å². The van der Waals surface area contributed by atoms with Gasteiger partial charge in [-0.1, -0.05) is 0 Å². The van der Waals surface area contributed by atoms with Gasteiger partial charge < -0.3 is 24.3 Å². The van der Waals surface area contributed by atoms with Crippen molar-refractivity contribution >= 4 is 22.5 Å². The Morgan fingerprint density at radius 3 is 2.54 bits per heavy atom. The number of rotatable bonds is 10. The summed E-state index contributed by atoms with van der Waals surface area (Å²) in [5.74, 6) is 2.02. The van der Waals surface area contributed by atoms with Crippen molar-refractivity contribution in [2.75, 3.05) is 26.1 Å². The van der Waals surface area contributed by atoms with Gasteiger partial charge in [-0.3, -0.25) is 14.5 Å².